The third-order valence-electron chi connectivity index (χ3n) is 6.97. The third-order valence-corrected chi connectivity index (χ3v) is 6.97. The molecule has 7 rings (SSSR count). The first-order valence-corrected chi connectivity index (χ1v) is 13.3. The normalized spacial score (nSPS) is 11.5. The van der Waals surface area contributed by atoms with Crippen molar-refractivity contribution in [2.24, 2.45) is 0 Å². The summed E-state index contributed by atoms with van der Waals surface area (Å²) in [6, 6.07) is 23.1. The van der Waals surface area contributed by atoms with Crippen molar-refractivity contribution in [1.29, 1.82) is 0 Å². The fourth-order valence-corrected chi connectivity index (χ4v) is 5.05. The van der Waals surface area contributed by atoms with Gasteiger partial charge in [0.2, 0.25) is 0 Å². The van der Waals surface area contributed by atoms with Gasteiger partial charge >= 0.3 is 0 Å². The zero-order valence-electron chi connectivity index (χ0n) is 22.2. The van der Waals surface area contributed by atoms with E-state index in [1.165, 1.54) is 17.7 Å². The number of aromatic amines is 2. The first-order chi connectivity index (χ1) is 20.1. The molecule has 0 unspecified atom stereocenters. The molecule has 0 aliphatic rings. The van der Waals surface area contributed by atoms with Gasteiger partial charge in [0, 0.05) is 42.8 Å². The van der Waals surface area contributed by atoms with Gasteiger partial charge < -0.3 is 10.3 Å². The molecular weight excluding hydrogens is 515 g/mol. The molecule has 9 heteroatoms. The lowest BCUT2D eigenvalue weighted by molar-refractivity contribution is 0.627. The van der Waals surface area contributed by atoms with E-state index in [9.17, 15) is 4.39 Å². The first-order valence-electron chi connectivity index (χ1n) is 13.3. The summed E-state index contributed by atoms with van der Waals surface area (Å²) in [7, 11) is 0. The van der Waals surface area contributed by atoms with Crippen LogP contribution in [0.5, 0.6) is 0 Å². The Morgan fingerprint density at radius 3 is 2.61 bits per heavy atom. The van der Waals surface area contributed by atoms with Crippen LogP contribution in [0.3, 0.4) is 0 Å². The average molecular weight is 541 g/mol. The lowest BCUT2D eigenvalue weighted by Crippen LogP contribution is -2.12. The van der Waals surface area contributed by atoms with Crippen LogP contribution in [0.15, 0.2) is 91.4 Å². The molecule has 0 fully saturated rings. The smallest absolute Gasteiger partial charge is 0.178 e. The Balaban J connectivity index is 1.21. The quantitative estimate of drug-likeness (QED) is 0.217. The summed E-state index contributed by atoms with van der Waals surface area (Å²) >= 11 is 0. The predicted octanol–water partition coefficient (Wildman–Crippen LogP) is 6.36. The molecule has 41 heavy (non-hydrogen) atoms. The van der Waals surface area contributed by atoms with Crippen molar-refractivity contribution in [2.75, 3.05) is 0 Å². The number of hydrogen-bond acceptors (Lipinski definition) is 6. The fourth-order valence-electron chi connectivity index (χ4n) is 5.05. The van der Waals surface area contributed by atoms with Crippen LogP contribution in [-0.2, 0) is 13.1 Å². The van der Waals surface area contributed by atoms with E-state index in [1.807, 2.05) is 61.8 Å². The van der Waals surface area contributed by atoms with Crippen LogP contribution in [0.2, 0.25) is 0 Å². The second-order valence-corrected chi connectivity index (χ2v) is 10.00. The number of rotatable bonds is 7. The number of aromatic nitrogens is 7. The van der Waals surface area contributed by atoms with Crippen LogP contribution < -0.4 is 5.32 Å². The minimum Gasteiger partial charge on any atom is -0.335 e. The summed E-state index contributed by atoms with van der Waals surface area (Å²) in [5, 5.41) is 11.0. The third kappa shape index (κ3) is 4.94. The zero-order chi connectivity index (χ0) is 27.8. The molecule has 0 aliphatic carbocycles. The SMILES string of the molecule is Cc1cc(F)cc(-c2ccnc3nc(-c4n[nH]c5ccc(-c6cncc(CNCc7ccccc7)c6)nc45)[nH]c23)c1. The first kappa shape index (κ1) is 24.7. The molecule has 2 aromatic carbocycles. The topological polar surface area (TPSA) is 108 Å². The van der Waals surface area contributed by atoms with Crippen LogP contribution in [0.25, 0.3) is 56.1 Å². The second kappa shape index (κ2) is 10.4. The lowest BCUT2D eigenvalue weighted by Gasteiger charge is -2.07. The lowest BCUT2D eigenvalue weighted by atomic mass is 10.0. The highest BCUT2D eigenvalue weighted by atomic mass is 19.1. The predicted molar refractivity (Wildman–Crippen MR) is 157 cm³/mol. The molecule has 7 aromatic rings. The van der Waals surface area contributed by atoms with Gasteiger partial charge in [-0.2, -0.15) is 5.10 Å². The Morgan fingerprint density at radius 1 is 0.854 bits per heavy atom. The van der Waals surface area contributed by atoms with E-state index in [-0.39, 0.29) is 5.82 Å². The summed E-state index contributed by atoms with van der Waals surface area (Å²) in [6.45, 7) is 3.34. The van der Waals surface area contributed by atoms with Gasteiger partial charge in [0.05, 0.1) is 16.7 Å². The van der Waals surface area contributed by atoms with Gasteiger partial charge in [0.25, 0.3) is 0 Å². The number of benzene rings is 2. The minimum absolute atomic E-state index is 0.287. The summed E-state index contributed by atoms with van der Waals surface area (Å²) in [5.74, 6) is 0.242. The molecule has 5 aromatic heterocycles. The number of aryl methyl sites for hydroxylation is 1. The van der Waals surface area contributed by atoms with Gasteiger partial charge in [-0.05, 0) is 65.6 Å². The van der Waals surface area contributed by atoms with Gasteiger partial charge in [-0.1, -0.05) is 36.4 Å². The maximum absolute atomic E-state index is 14.2. The summed E-state index contributed by atoms with van der Waals surface area (Å²) in [4.78, 5) is 21.9. The highest BCUT2D eigenvalue weighted by Gasteiger charge is 2.18. The summed E-state index contributed by atoms with van der Waals surface area (Å²) in [5.41, 5.74) is 9.66. The number of halogens is 1. The van der Waals surface area contributed by atoms with Crippen LogP contribution in [-0.4, -0.2) is 35.1 Å². The van der Waals surface area contributed by atoms with Crippen molar-refractivity contribution in [1.82, 2.24) is 40.4 Å². The number of nitrogens with one attached hydrogen (secondary N) is 3. The van der Waals surface area contributed by atoms with Gasteiger partial charge in [-0.25, -0.2) is 19.3 Å². The van der Waals surface area contributed by atoms with Gasteiger partial charge in [-0.3, -0.25) is 10.1 Å². The van der Waals surface area contributed by atoms with Gasteiger partial charge in [-0.15, -0.1) is 0 Å². The molecular formula is C32H25FN8. The van der Waals surface area contributed by atoms with Crippen molar-refractivity contribution >= 4 is 22.2 Å². The van der Waals surface area contributed by atoms with E-state index < -0.39 is 0 Å². The highest BCUT2D eigenvalue weighted by Crippen LogP contribution is 2.31. The molecule has 0 saturated carbocycles. The van der Waals surface area contributed by atoms with Crippen LogP contribution >= 0.6 is 0 Å². The number of fused-ring (bicyclic) bond motifs is 2. The van der Waals surface area contributed by atoms with E-state index in [0.29, 0.717) is 34.7 Å². The molecule has 200 valence electrons. The van der Waals surface area contributed by atoms with E-state index in [0.717, 1.165) is 45.6 Å². The maximum atomic E-state index is 14.2. The van der Waals surface area contributed by atoms with Gasteiger partial charge in [0.15, 0.2) is 17.2 Å². The van der Waals surface area contributed by atoms with Crippen LogP contribution in [0, 0.1) is 12.7 Å². The van der Waals surface area contributed by atoms with Crippen molar-refractivity contribution in [3.63, 3.8) is 0 Å². The molecule has 0 spiro atoms. The van der Waals surface area contributed by atoms with E-state index in [4.69, 9.17) is 9.97 Å². The number of hydrogen-bond donors (Lipinski definition) is 3. The molecule has 0 saturated heterocycles. The largest absolute Gasteiger partial charge is 0.335 e. The second-order valence-electron chi connectivity index (χ2n) is 10.00. The Labute approximate surface area is 234 Å². The van der Waals surface area contributed by atoms with Crippen LogP contribution in [0.4, 0.5) is 4.39 Å². The number of nitrogens with zero attached hydrogens (tertiary/aromatic N) is 5. The number of pyridine rings is 3. The molecule has 8 nitrogen and oxygen atoms in total. The van der Waals surface area contributed by atoms with Crippen molar-refractivity contribution < 1.29 is 4.39 Å². The Hall–Kier alpha value is -5.28. The minimum atomic E-state index is -0.287. The molecule has 0 atom stereocenters. The average Bonchev–Trinajstić information content (AvgIpc) is 3.61. The Bertz CT molecular complexity index is 1990. The molecule has 5 heterocycles. The van der Waals surface area contributed by atoms with E-state index in [1.54, 1.807) is 6.20 Å². The molecule has 0 radical (unpaired) electrons. The monoisotopic (exact) mass is 540 g/mol. The van der Waals surface area contributed by atoms with E-state index >= 15 is 0 Å². The number of H-pyrrole nitrogens is 2. The summed E-state index contributed by atoms with van der Waals surface area (Å²) in [6.07, 6.45) is 5.35. The molecule has 3 N–H and O–H groups in total. The molecule has 0 amide bonds. The van der Waals surface area contributed by atoms with Crippen molar-refractivity contribution in [2.45, 2.75) is 20.0 Å². The number of imidazole rings is 1. The standard InChI is InChI=1S/C32H25FN8/c1-19-11-22(14-24(33)12-19)25-9-10-36-31-28(25)38-32(39-31)30-29-27(40-41-30)8-7-26(37-29)23-13-21(17-35-18-23)16-34-15-20-5-3-2-4-6-20/h2-14,17-18,34H,15-16H2,1H3,(H,40,41)(H,36,38,39). The molecule has 0 aliphatic heterocycles. The zero-order valence-corrected chi connectivity index (χ0v) is 22.2. The van der Waals surface area contributed by atoms with Crippen molar-refractivity contribution in [3.8, 4) is 33.9 Å². The highest BCUT2D eigenvalue weighted by molar-refractivity contribution is 5.95. The molecule has 0 bridgehead atoms. The van der Waals surface area contributed by atoms with E-state index in [2.05, 4.69) is 48.7 Å². The van der Waals surface area contributed by atoms with Crippen LogP contribution in [0.1, 0.15) is 16.7 Å². The Morgan fingerprint density at radius 2 is 1.73 bits per heavy atom. The Kier molecular flexibility index (Phi) is 6.25. The maximum Gasteiger partial charge on any atom is 0.178 e. The summed E-state index contributed by atoms with van der Waals surface area (Å²) < 4.78 is 14.2. The van der Waals surface area contributed by atoms with Crippen molar-refractivity contribution in [3.05, 3.63) is 114 Å². The fraction of sp³-hybridized carbons (Fsp3) is 0.0938. The van der Waals surface area contributed by atoms with Gasteiger partial charge in [0.1, 0.15) is 11.3 Å².